The Morgan fingerprint density at radius 2 is 1.94 bits per heavy atom. The Bertz CT molecular complexity index is 1210. The summed E-state index contributed by atoms with van der Waals surface area (Å²) in [6.45, 7) is 1.15. The van der Waals surface area contributed by atoms with Crippen molar-refractivity contribution in [3.8, 4) is 5.82 Å². The Kier molecular flexibility index (Phi) is 6.47. The lowest BCUT2D eigenvalue weighted by atomic mass is 10.2. The maximum absolute atomic E-state index is 12.4. The van der Waals surface area contributed by atoms with Crippen molar-refractivity contribution in [2.45, 2.75) is 11.8 Å². The van der Waals surface area contributed by atoms with E-state index in [-0.39, 0.29) is 16.1 Å². The van der Waals surface area contributed by atoms with Crippen LogP contribution in [0.1, 0.15) is 16.1 Å². The number of nitrogens with one attached hydrogen (secondary N) is 1. The third-order valence-corrected chi connectivity index (χ3v) is 6.14. The molecule has 0 atom stereocenters. The van der Waals surface area contributed by atoms with Gasteiger partial charge in [0.25, 0.3) is 5.91 Å². The lowest BCUT2D eigenvalue weighted by molar-refractivity contribution is -0.119. The van der Waals surface area contributed by atoms with Gasteiger partial charge in [0.2, 0.25) is 10.0 Å². The summed E-state index contributed by atoms with van der Waals surface area (Å²) in [4.78, 5) is 28.8. The van der Waals surface area contributed by atoms with E-state index in [1.165, 1.54) is 49.2 Å². The number of sulfonamides is 1. The topological polar surface area (TPSA) is 123 Å². The van der Waals surface area contributed by atoms with E-state index in [2.05, 4.69) is 15.4 Å². The number of rotatable bonds is 7. The van der Waals surface area contributed by atoms with Crippen LogP contribution in [0, 0.1) is 6.92 Å². The van der Waals surface area contributed by atoms with Crippen LogP contribution in [0.4, 0.5) is 5.69 Å². The van der Waals surface area contributed by atoms with E-state index < -0.39 is 28.5 Å². The number of benzene rings is 1. The lowest BCUT2D eigenvalue weighted by Crippen LogP contribution is -2.23. The number of anilines is 1. The second-order valence-corrected chi connectivity index (χ2v) is 8.83. The van der Waals surface area contributed by atoms with Crippen LogP contribution in [0.15, 0.2) is 59.8 Å². The van der Waals surface area contributed by atoms with Crippen molar-refractivity contribution in [2.24, 2.45) is 0 Å². The summed E-state index contributed by atoms with van der Waals surface area (Å²) in [6, 6.07) is 11.1. The highest BCUT2D eigenvalue weighted by Crippen LogP contribution is 2.18. The van der Waals surface area contributed by atoms with Gasteiger partial charge in [-0.15, -0.1) is 0 Å². The van der Waals surface area contributed by atoms with Gasteiger partial charge in [0.1, 0.15) is 5.56 Å². The minimum absolute atomic E-state index is 0.0323. The van der Waals surface area contributed by atoms with Gasteiger partial charge < -0.3 is 10.1 Å². The number of pyridine rings is 1. The molecule has 0 unspecified atom stereocenters. The summed E-state index contributed by atoms with van der Waals surface area (Å²) in [5, 5.41) is 6.66. The van der Waals surface area contributed by atoms with Crippen molar-refractivity contribution >= 4 is 27.6 Å². The number of aromatic nitrogens is 3. The molecule has 11 heteroatoms. The van der Waals surface area contributed by atoms with Crippen molar-refractivity contribution < 1.29 is 22.7 Å². The second-order valence-electron chi connectivity index (χ2n) is 6.68. The normalized spacial score (nSPS) is 11.4. The van der Waals surface area contributed by atoms with E-state index in [9.17, 15) is 18.0 Å². The summed E-state index contributed by atoms with van der Waals surface area (Å²) in [7, 11) is -0.811. The fourth-order valence-electron chi connectivity index (χ4n) is 2.67. The molecule has 0 aliphatic carbocycles. The molecule has 0 saturated heterocycles. The van der Waals surface area contributed by atoms with Crippen LogP contribution >= 0.6 is 0 Å². The van der Waals surface area contributed by atoms with Crippen LogP contribution in [0.2, 0.25) is 0 Å². The predicted molar refractivity (Wildman–Crippen MR) is 112 cm³/mol. The van der Waals surface area contributed by atoms with Crippen LogP contribution in [0.3, 0.4) is 0 Å². The number of nitrogens with zero attached hydrogens (tertiary/aromatic N) is 4. The molecule has 0 fully saturated rings. The average molecular weight is 443 g/mol. The van der Waals surface area contributed by atoms with E-state index in [4.69, 9.17) is 4.74 Å². The number of amides is 1. The number of esters is 1. The van der Waals surface area contributed by atoms with Gasteiger partial charge >= 0.3 is 5.97 Å². The number of carbonyl (C=O) groups excluding carboxylic acids is 2. The standard InChI is InChI=1S/C20H21N5O5S/c1-14-17(12-22-25(14)18-9-4-5-10-21-18)20(27)30-13-19(26)23-15-7-6-8-16(11-15)31(28,29)24(2)3/h4-12H,13H2,1-3H3,(H,23,26). The van der Waals surface area contributed by atoms with E-state index in [0.29, 0.717) is 11.5 Å². The Hall–Kier alpha value is -3.57. The largest absolute Gasteiger partial charge is 0.452 e. The minimum atomic E-state index is -3.64. The molecule has 0 spiro atoms. The third-order valence-electron chi connectivity index (χ3n) is 4.33. The van der Waals surface area contributed by atoms with Crippen molar-refractivity contribution in [3.05, 3.63) is 66.1 Å². The van der Waals surface area contributed by atoms with Gasteiger partial charge in [-0.3, -0.25) is 4.79 Å². The molecule has 0 saturated carbocycles. The quantitative estimate of drug-likeness (QED) is 0.550. The van der Waals surface area contributed by atoms with Gasteiger partial charge in [0.05, 0.1) is 16.8 Å². The lowest BCUT2D eigenvalue weighted by Gasteiger charge is -2.12. The number of hydrogen-bond donors (Lipinski definition) is 1. The van der Waals surface area contributed by atoms with Crippen molar-refractivity contribution in [1.29, 1.82) is 0 Å². The number of hydrogen-bond acceptors (Lipinski definition) is 7. The monoisotopic (exact) mass is 443 g/mol. The molecule has 1 amide bonds. The maximum Gasteiger partial charge on any atom is 0.342 e. The van der Waals surface area contributed by atoms with E-state index in [1.54, 1.807) is 31.3 Å². The number of carbonyl (C=O) groups is 2. The van der Waals surface area contributed by atoms with Crippen LogP contribution in [-0.2, 0) is 19.6 Å². The number of ether oxygens (including phenoxy) is 1. The van der Waals surface area contributed by atoms with Crippen molar-refractivity contribution in [1.82, 2.24) is 19.1 Å². The molecule has 0 aliphatic heterocycles. The molecule has 1 aromatic carbocycles. The predicted octanol–water partition coefficient (Wildman–Crippen LogP) is 1.62. The third kappa shape index (κ3) is 4.95. The summed E-state index contributed by atoms with van der Waals surface area (Å²) >= 11 is 0. The molecule has 2 heterocycles. The van der Waals surface area contributed by atoms with Gasteiger partial charge in [-0.2, -0.15) is 5.10 Å². The Labute approximate surface area is 179 Å². The summed E-state index contributed by atoms with van der Waals surface area (Å²) < 4.78 is 32.1. The van der Waals surface area contributed by atoms with E-state index in [1.807, 2.05) is 0 Å². The van der Waals surface area contributed by atoms with Crippen LogP contribution in [0.25, 0.3) is 5.82 Å². The zero-order valence-corrected chi connectivity index (χ0v) is 18.0. The Morgan fingerprint density at radius 3 is 2.61 bits per heavy atom. The molecule has 0 bridgehead atoms. The summed E-state index contributed by atoms with van der Waals surface area (Å²) in [5.41, 5.74) is 0.992. The highest BCUT2D eigenvalue weighted by molar-refractivity contribution is 7.89. The molecule has 162 valence electrons. The average Bonchev–Trinajstić information content (AvgIpc) is 3.14. The smallest absolute Gasteiger partial charge is 0.342 e. The summed E-state index contributed by atoms with van der Waals surface area (Å²) in [5.74, 6) is -0.773. The first-order chi connectivity index (χ1) is 14.7. The molecule has 3 rings (SSSR count). The Morgan fingerprint density at radius 1 is 1.16 bits per heavy atom. The van der Waals surface area contributed by atoms with E-state index in [0.717, 1.165) is 4.31 Å². The fraction of sp³-hybridized carbons (Fsp3) is 0.200. The van der Waals surface area contributed by atoms with Crippen molar-refractivity contribution in [2.75, 3.05) is 26.0 Å². The maximum atomic E-state index is 12.4. The minimum Gasteiger partial charge on any atom is -0.452 e. The zero-order valence-electron chi connectivity index (χ0n) is 17.1. The Balaban J connectivity index is 1.63. The molecule has 2 aromatic heterocycles. The molecule has 0 radical (unpaired) electrons. The van der Waals surface area contributed by atoms with Gasteiger partial charge in [0.15, 0.2) is 12.4 Å². The summed E-state index contributed by atoms with van der Waals surface area (Å²) in [6.07, 6.45) is 2.96. The van der Waals surface area contributed by atoms with Crippen LogP contribution in [-0.4, -0.2) is 60.1 Å². The zero-order chi connectivity index (χ0) is 22.6. The van der Waals surface area contributed by atoms with Crippen LogP contribution < -0.4 is 5.32 Å². The van der Waals surface area contributed by atoms with Crippen molar-refractivity contribution in [3.63, 3.8) is 0 Å². The first-order valence-electron chi connectivity index (χ1n) is 9.15. The van der Waals surface area contributed by atoms with Gasteiger partial charge in [-0.05, 0) is 37.3 Å². The molecule has 3 aromatic rings. The second kappa shape index (κ2) is 9.06. The first-order valence-corrected chi connectivity index (χ1v) is 10.6. The highest BCUT2D eigenvalue weighted by atomic mass is 32.2. The van der Waals surface area contributed by atoms with Gasteiger partial charge in [-0.25, -0.2) is 27.2 Å². The molecular weight excluding hydrogens is 422 g/mol. The van der Waals surface area contributed by atoms with E-state index >= 15 is 0 Å². The fourth-order valence-corrected chi connectivity index (χ4v) is 3.62. The molecular formula is C20H21N5O5S. The molecule has 1 N–H and O–H groups in total. The molecule has 10 nitrogen and oxygen atoms in total. The first kappa shape index (κ1) is 22.1. The molecule has 0 aliphatic rings. The molecule has 31 heavy (non-hydrogen) atoms. The van der Waals surface area contributed by atoms with Gasteiger partial charge in [-0.1, -0.05) is 12.1 Å². The highest BCUT2D eigenvalue weighted by Gasteiger charge is 2.19. The SMILES string of the molecule is Cc1c(C(=O)OCC(=O)Nc2cccc(S(=O)(=O)N(C)C)c2)cnn1-c1ccccn1. The van der Waals surface area contributed by atoms with Gasteiger partial charge in [0, 0.05) is 26.0 Å². The van der Waals surface area contributed by atoms with Crippen LogP contribution in [0.5, 0.6) is 0 Å².